The van der Waals surface area contributed by atoms with Crippen LogP contribution < -0.4 is 5.32 Å². The first-order valence-corrected chi connectivity index (χ1v) is 9.59. The van der Waals surface area contributed by atoms with Gasteiger partial charge in [-0.1, -0.05) is 35.9 Å². The molecule has 0 aliphatic carbocycles. The zero-order valence-electron chi connectivity index (χ0n) is 17.1. The van der Waals surface area contributed by atoms with E-state index in [1.165, 1.54) is 12.7 Å². The Morgan fingerprint density at radius 2 is 1.80 bits per heavy atom. The van der Waals surface area contributed by atoms with Crippen LogP contribution in [0.25, 0.3) is 11.1 Å². The van der Waals surface area contributed by atoms with Crippen molar-refractivity contribution in [1.29, 1.82) is 0 Å². The van der Waals surface area contributed by atoms with Crippen molar-refractivity contribution in [3.8, 4) is 0 Å². The average molecular weight is 402 g/mol. The molecule has 1 N–H and O–H groups in total. The van der Waals surface area contributed by atoms with Crippen LogP contribution in [0.1, 0.15) is 37.5 Å². The second-order valence-electron chi connectivity index (χ2n) is 7.25. The Kier molecular flexibility index (Phi) is 5.14. The van der Waals surface area contributed by atoms with E-state index in [2.05, 4.69) is 5.32 Å². The highest BCUT2D eigenvalue weighted by molar-refractivity contribution is 6.06. The molecule has 0 radical (unpaired) electrons. The number of furan rings is 1. The number of nitrogens with zero attached hydrogens (tertiary/aromatic N) is 1. The number of hydrogen-bond acceptors (Lipinski definition) is 4. The van der Waals surface area contributed by atoms with E-state index in [0.717, 1.165) is 16.6 Å². The van der Waals surface area contributed by atoms with Crippen LogP contribution in [-0.4, -0.2) is 23.6 Å². The number of ether oxygens (including phenoxy) is 1. The number of aromatic nitrogens is 1. The van der Waals surface area contributed by atoms with Crippen molar-refractivity contribution in [2.24, 2.45) is 0 Å². The van der Waals surface area contributed by atoms with Gasteiger partial charge in [0.25, 0.3) is 5.91 Å². The molecule has 4 rings (SSSR count). The SMILES string of the molecule is COC(=O)c1cc(NC(=O)c2cc3occc3n2Cc2ccc(C)cc2)ccc1C. The summed E-state index contributed by atoms with van der Waals surface area (Å²) in [5.41, 5.74) is 5.94. The van der Waals surface area contributed by atoms with Gasteiger partial charge in [-0.15, -0.1) is 0 Å². The van der Waals surface area contributed by atoms with Crippen molar-refractivity contribution in [2.75, 3.05) is 12.4 Å². The van der Waals surface area contributed by atoms with E-state index in [1.54, 1.807) is 30.5 Å². The second kappa shape index (κ2) is 7.91. The van der Waals surface area contributed by atoms with Gasteiger partial charge in [-0.3, -0.25) is 4.79 Å². The zero-order chi connectivity index (χ0) is 21.3. The molecule has 0 bridgehead atoms. The van der Waals surface area contributed by atoms with E-state index in [9.17, 15) is 9.59 Å². The maximum atomic E-state index is 13.1. The average Bonchev–Trinajstić information content (AvgIpc) is 3.33. The van der Waals surface area contributed by atoms with Crippen molar-refractivity contribution in [3.05, 3.63) is 88.8 Å². The van der Waals surface area contributed by atoms with Gasteiger partial charge in [-0.2, -0.15) is 0 Å². The predicted octanol–water partition coefficient (Wildman–Crippen LogP) is 4.94. The molecule has 0 fully saturated rings. The van der Waals surface area contributed by atoms with Crippen LogP contribution in [0, 0.1) is 13.8 Å². The normalized spacial score (nSPS) is 10.9. The molecule has 2 heterocycles. The Hall–Kier alpha value is -3.80. The monoisotopic (exact) mass is 402 g/mol. The highest BCUT2D eigenvalue weighted by Gasteiger charge is 2.19. The van der Waals surface area contributed by atoms with Gasteiger partial charge < -0.3 is 19.0 Å². The first kappa shape index (κ1) is 19.5. The fraction of sp³-hybridized carbons (Fsp3) is 0.167. The number of rotatable bonds is 5. The van der Waals surface area contributed by atoms with Crippen molar-refractivity contribution in [2.45, 2.75) is 20.4 Å². The molecule has 2 aromatic heterocycles. The lowest BCUT2D eigenvalue weighted by Gasteiger charge is -2.12. The van der Waals surface area contributed by atoms with Crippen molar-refractivity contribution in [1.82, 2.24) is 4.57 Å². The van der Waals surface area contributed by atoms with Gasteiger partial charge in [0, 0.05) is 24.4 Å². The number of methoxy groups -OCH3 is 1. The number of esters is 1. The fourth-order valence-electron chi connectivity index (χ4n) is 3.44. The number of hydrogen-bond donors (Lipinski definition) is 1. The van der Waals surface area contributed by atoms with Crippen LogP contribution in [0.3, 0.4) is 0 Å². The van der Waals surface area contributed by atoms with Gasteiger partial charge in [-0.05, 0) is 37.1 Å². The molecule has 1 amide bonds. The van der Waals surface area contributed by atoms with Crippen molar-refractivity contribution < 1.29 is 18.7 Å². The van der Waals surface area contributed by atoms with E-state index >= 15 is 0 Å². The molecule has 0 spiro atoms. The van der Waals surface area contributed by atoms with Crippen molar-refractivity contribution in [3.63, 3.8) is 0 Å². The molecule has 6 nitrogen and oxygen atoms in total. The predicted molar refractivity (Wildman–Crippen MR) is 115 cm³/mol. The molecule has 4 aromatic rings. The number of benzene rings is 2. The highest BCUT2D eigenvalue weighted by Crippen LogP contribution is 2.24. The molecule has 0 atom stereocenters. The van der Waals surface area contributed by atoms with Gasteiger partial charge >= 0.3 is 5.97 Å². The van der Waals surface area contributed by atoms with Crippen LogP contribution in [0.2, 0.25) is 0 Å². The highest BCUT2D eigenvalue weighted by atomic mass is 16.5. The Balaban J connectivity index is 1.66. The summed E-state index contributed by atoms with van der Waals surface area (Å²) >= 11 is 0. The summed E-state index contributed by atoms with van der Waals surface area (Å²) in [5.74, 6) is -0.725. The van der Waals surface area contributed by atoms with E-state index in [4.69, 9.17) is 9.15 Å². The van der Waals surface area contributed by atoms with Crippen LogP contribution in [0.15, 0.2) is 65.3 Å². The topological polar surface area (TPSA) is 73.5 Å². The summed E-state index contributed by atoms with van der Waals surface area (Å²) in [4.78, 5) is 25.0. The molecular formula is C24H22N2O4. The Morgan fingerprint density at radius 3 is 2.53 bits per heavy atom. The second-order valence-corrected chi connectivity index (χ2v) is 7.25. The number of anilines is 1. The Labute approximate surface area is 174 Å². The molecule has 0 aliphatic heterocycles. The number of fused-ring (bicyclic) bond motifs is 1. The van der Waals surface area contributed by atoms with Crippen molar-refractivity contribution >= 4 is 28.7 Å². The number of carbonyl (C=O) groups excluding carboxylic acids is 2. The summed E-state index contributed by atoms with van der Waals surface area (Å²) < 4.78 is 12.3. The van der Waals surface area contributed by atoms with Crippen LogP contribution in [0.5, 0.6) is 0 Å². The first-order chi connectivity index (χ1) is 14.5. The number of amides is 1. The maximum absolute atomic E-state index is 13.1. The Morgan fingerprint density at radius 1 is 1.03 bits per heavy atom. The minimum Gasteiger partial charge on any atom is -0.465 e. The third kappa shape index (κ3) is 3.72. The summed E-state index contributed by atoms with van der Waals surface area (Å²) in [5, 5.41) is 2.88. The number of nitrogens with one attached hydrogen (secondary N) is 1. The molecule has 30 heavy (non-hydrogen) atoms. The van der Waals surface area contributed by atoms with Gasteiger partial charge in [-0.25, -0.2) is 4.79 Å². The molecule has 152 valence electrons. The van der Waals surface area contributed by atoms with Gasteiger partial charge in [0.1, 0.15) is 5.69 Å². The van der Waals surface area contributed by atoms with Gasteiger partial charge in [0.15, 0.2) is 5.58 Å². The zero-order valence-corrected chi connectivity index (χ0v) is 17.1. The van der Waals surface area contributed by atoms with E-state index in [1.807, 2.05) is 48.7 Å². The number of carbonyl (C=O) groups is 2. The smallest absolute Gasteiger partial charge is 0.338 e. The van der Waals surface area contributed by atoms with Gasteiger partial charge in [0.05, 0.1) is 24.5 Å². The minimum absolute atomic E-state index is 0.284. The first-order valence-electron chi connectivity index (χ1n) is 9.59. The third-order valence-electron chi connectivity index (χ3n) is 5.12. The minimum atomic E-state index is -0.441. The largest absolute Gasteiger partial charge is 0.465 e. The molecule has 0 unspecified atom stereocenters. The summed E-state index contributed by atoms with van der Waals surface area (Å²) in [6.45, 7) is 4.39. The fourth-order valence-corrected chi connectivity index (χ4v) is 3.44. The number of aryl methyl sites for hydroxylation is 2. The van der Waals surface area contributed by atoms with Crippen LogP contribution >= 0.6 is 0 Å². The third-order valence-corrected chi connectivity index (χ3v) is 5.12. The van der Waals surface area contributed by atoms with E-state index in [-0.39, 0.29) is 5.91 Å². The lowest BCUT2D eigenvalue weighted by atomic mass is 10.1. The summed E-state index contributed by atoms with van der Waals surface area (Å²) in [7, 11) is 1.33. The maximum Gasteiger partial charge on any atom is 0.338 e. The quantitative estimate of drug-likeness (QED) is 0.480. The van der Waals surface area contributed by atoms with Crippen LogP contribution in [-0.2, 0) is 11.3 Å². The Bertz CT molecular complexity index is 1230. The van der Waals surface area contributed by atoms with Crippen LogP contribution in [0.4, 0.5) is 5.69 Å². The summed E-state index contributed by atoms with van der Waals surface area (Å²) in [6.07, 6.45) is 1.61. The van der Waals surface area contributed by atoms with E-state index < -0.39 is 5.97 Å². The molecule has 2 aromatic carbocycles. The molecule has 0 saturated carbocycles. The van der Waals surface area contributed by atoms with Gasteiger partial charge in [0.2, 0.25) is 0 Å². The van der Waals surface area contributed by atoms with E-state index in [0.29, 0.717) is 29.1 Å². The molecule has 0 saturated heterocycles. The lowest BCUT2D eigenvalue weighted by molar-refractivity contribution is 0.0599. The molecule has 6 heteroatoms. The standard InChI is InChI=1S/C24H22N2O4/c1-15-4-7-17(8-5-15)14-26-20-10-11-30-22(20)13-21(26)23(27)25-18-9-6-16(2)19(12-18)24(28)29-3/h4-13H,14H2,1-3H3,(H,25,27). The molecule has 0 aliphatic rings. The summed E-state index contributed by atoms with van der Waals surface area (Å²) in [6, 6.07) is 16.9. The molecular weight excluding hydrogens is 380 g/mol. The lowest BCUT2D eigenvalue weighted by Crippen LogP contribution is -2.18.